The van der Waals surface area contributed by atoms with Gasteiger partial charge in [-0.15, -0.1) is 0 Å². The van der Waals surface area contributed by atoms with Crippen LogP contribution in [-0.4, -0.2) is 79.6 Å². The van der Waals surface area contributed by atoms with Crippen LogP contribution in [0.15, 0.2) is 24.4 Å². The fourth-order valence-corrected chi connectivity index (χ4v) is 5.37. The Kier molecular flexibility index (Phi) is 7.94. The molecule has 1 unspecified atom stereocenters. The van der Waals surface area contributed by atoms with Crippen LogP contribution in [0, 0.1) is 11.3 Å². The van der Waals surface area contributed by atoms with Crippen molar-refractivity contribution >= 4 is 17.5 Å². The molecule has 2 aromatic rings. The fraction of sp³-hybridized carbons (Fsp3) is 0.538. The van der Waals surface area contributed by atoms with Gasteiger partial charge in [-0.2, -0.15) is 5.26 Å². The van der Waals surface area contributed by atoms with Crippen molar-refractivity contribution in [3.05, 3.63) is 46.9 Å². The minimum Gasteiger partial charge on any atom is -0.388 e. The van der Waals surface area contributed by atoms with Crippen molar-refractivity contribution in [3.63, 3.8) is 0 Å². The van der Waals surface area contributed by atoms with Gasteiger partial charge in [-0.1, -0.05) is 6.07 Å². The number of hydrogen-bond acceptors (Lipinski definition) is 9. The third-order valence-electron chi connectivity index (χ3n) is 7.12. The topological polar surface area (TPSA) is 141 Å². The molecular weight excluding hydrogens is 474 g/mol. The maximum absolute atomic E-state index is 12.7. The van der Waals surface area contributed by atoms with E-state index in [2.05, 4.69) is 20.9 Å². The van der Waals surface area contributed by atoms with Gasteiger partial charge in [0.2, 0.25) is 6.29 Å². The number of nitrogens with two attached hydrogens (primary N) is 1. The maximum atomic E-state index is 12.7. The molecule has 1 fully saturated rings. The first kappa shape index (κ1) is 26.8. The summed E-state index contributed by atoms with van der Waals surface area (Å²) in [5.41, 5.74) is 8.37. The van der Waals surface area contributed by atoms with Crippen LogP contribution in [0.4, 0.5) is 16.3 Å². The maximum Gasteiger partial charge on any atom is 0.321 e. The summed E-state index contributed by atoms with van der Waals surface area (Å²) in [6.45, 7) is 1.80. The lowest BCUT2D eigenvalue weighted by Gasteiger charge is -2.41. The Labute approximate surface area is 217 Å². The number of methoxy groups -OCH3 is 2. The molecule has 0 aliphatic carbocycles. The molecule has 37 heavy (non-hydrogen) atoms. The lowest BCUT2D eigenvalue weighted by atomic mass is 9.90. The van der Waals surface area contributed by atoms with E-state index in [9.17, 15) is 15.2 Å². The molecule has 2 aliphatic heterocycles. The molecule has 0 saturated carbocycles. The third-order valence-corrected chi connectivity index (χ3v) is 7.12. The smallest absolute Gasteiger partial charge is 0.321 e. The highest BCUT2D eigenvalue weighted by atomic mass is 16.7. The van der Waals surface area contributed by atoms with Crippen LogP contribution in [0.3, 0.4) is 0 Å². The molecule has 0 radical (unpaired) electrons. The molecule has 2 amide bonds. The number of carbonyl (C=O) groups excluding carboxylic acids is 1. The van der Waals surface area contributed by atoms with E-state index in [1.165, 1.54) is 19.1 Å². The normalized spacial score (nSPS) is 19.1. The van der Waals surface area contributed by atoms with Gasteiger partial charge in [-0.3, -0.25) is 9.88 Å². The number of rotatable bonds is 7. The predicted molar refractivity (Wildman–Crippen MR) is 138 cm³/mol. The zero-order valence-electron chi connectivity index (χ0n) is 21.8. The lowest BCUT2D eigenvalue weighted by molar-refractivity contribution is -0.108. The number of hydrogen-bond donors (Lipinski definition) is 2. The molecule has 0 bridgehead atoms. The summed E-state index contributed by atoms with van der Waals surface area (Å²) in [6, 6.07) is 6.76. The van der Waals surface area contributed by atoms with Crippen molar-refractivity contribution in [2.24, 2.45) is 5.73 Å². The SMILES string of the molecule is COC(OC)c1ccc2c(n1)N(C(N)=O)C(c1cc(N3CCC(O)(CN(C)C)CC3)c(C#N)cn1)CC2. The highest BCUT2D eigenvalue weighted by Gasteiger charge is 2.36. The molecule has 0 spiro atoms. The van der Waals surface area contributed by atoms with Crippen LogP contribution in [-0.2, 0) is 15.9 Å². The summed E-state index contributed by atoms with van der Waals surface area (Å²) >= 11 is 0. The molecule has 3 N–H and O–H groups in total. The monoisotopic (exact) mass is 509 g/mol. The molecule has 1 atom stereocenters. The van der Waals surface area contributed by atoms with Crippen molar-refractivity contribution in [3.8, 4) is 6.07 Å². The average Bonchev–Trinajstić information content (AvgIpc) is 2.88. The zero-order valence-corrected chi connectivity index (χ0v) is 21.8. The number of anilines is 2. The Morgan fingerprint density at radius 1 is 1.32 bits per heavy atom. The van der Waals surface area contributed by atoms with Gasteiger partial charge in [0.05, 0.1) is 34.3 Å². The number of ether oxygens (including phenoxy) is 2. The van der Waals surface area contributed by atoms with Crippen LogP contribution in [0.1, 0.15) is 54.1 Å². The Bertz CT molecular complexity index is 1170. The number of pyridine rings is 2. The molecule has 1 saturated heterocycles. The molecule has 2 aliphatic rings. The number of aryl methyl sites for hydroxylation is 1. The van der Waals surface area contributed by atoms with E-state index in [4.69, 9.17) is 15.2 Å². The van der Waals surface area contributed by atoms with Gasteiger partial charge in [0, 0.05) is 40.1 Å². The molecule has 11 heteroatoms. The van der Waals surface area contributed by atoms with Crippen molar-refractivity contribution in [2.45, 2.75) is 43.6 Å². The predicted octanol–water partition coefficient (Wildman–Crippen LogP) is 2.11. The summed E-state index contributed by atoms with van der Waals surface area (Å²) in [5.74, 6) is 0.458. The average molecular weight is 510 g/mol. The number of nitriles is 1. The molecule has 4 heterocycles. The molecule has 2 aromatic heterocycles. The number of aromatic nitrogens is 2. The number of fused-ring (bicyclic) bond motifs is 1. The van der Waals surface area contributed by atoms with Crippen LogP contribution in [0.5, 0.6) is 0 Å². The second-order valence-corrected chi connectivity index (χ2v) is 9.97. The van der Waals surface area contributed by atoms with Gasteiger partial charge in [0.1, 0.15) is 11.9 Å². The minimum atomic E-state index is -0.760. The second-order valence-electron chi connectivity index (χ2n) is 9.97. The number of aliphatic hydroxyl groups is 1. The first-order valence-corrected chi connectivity index (χ1v) is 12.4. The summed E-state index contributed by atoms with van der Waals surface area (Å²) in [5, 5.41) is 20.7. The van der Waals surface area contributed by atoms with E-state index in [-0.39, 0.29) is 0 Å². The van der Waals surface area contributed by atoms with E-state index >= 15 is 0 Å². The number of piperidine rings is 1. The van der Waals surface area contributed by atoms with Crippen molar-refractivity contribution in [2.75, 3.05) is 57.7 Å². The third kappa shape index (κ3) is 5.52. The van der Waals surface area contributed by atoms with Crippen molar-refractivity contribution in [1.82, 2.24) is 14.9 Å². The Hall–Kier alpha value is -3.30. The quantitative estimate of drug-likeness (QED) is 0.537. The first-order valence-electron chi connectivity index (χ1n) is 12.4. The van der Waals surface area contributed by atoms with E-state index in [1.807, 2.05) is 37.2 Å². The summed E-state index contributed by atoms with van der Waals surface area (Å²) in [4.78, 5) is 27.5. The second kappa shape index (κ2) is 11.0. The number of amides is 2. The minimum absolute atomic E-state index is 0.446. The Morgan fingerprint density at radius 3 is 2.62 bits per heavy atom. The van der Waals surface area contributed by atoms with E-state index in [0.717, 1.165) is 11.3 Å². The molecular formula is C26H35N7O4. The number of nitrogens with zero attached hydrogens (tertiary/aromatic N) is 6. The van der Waals surface area contributed by atoms with E-state index in [1.54, 1.807) is 6.20 Å². The number of likely N-dealkylation sites (N-methyl/N-ethyl adjacent to an activating group) is 1. The van der Waals surface area contributed by atoms with Gasteiger partial charge in [-0.25, -0.2) is 9.78 Å². The summed E-state index contributed by atoms with van der Waals surface area (Å²) in [7, 11) is 6.94. The molecule has 198 valence electrons. The Balaban J connectivity index is 1.66. The Morgan fingerprint density at radius 2 is 2.03 bits per heavy atom. The highest BCUT2D eigenvalue weighted by molar-refractivity contribution is 5.91. The molecule has 4 rings (SSSR count). The largest absolute Gasteiger partial charge is 0.388 e. The van der Waals surface area contributed by atoms with Crippen molar-refractivity contribution in [1.29, 1.82) is 5.26 Å². The standard InChI is InChI=1S/C26H35N7O4/c1-31(2)16-26(35)9-11-32(12-10-26)22-13-20(29-15-18(22)14-27)21-8-6-17-5-7-19(24(36-3)37-4)30-23(17)33(21)25(28)34/h5,7,13,15,21,24,35H,6,8-12,16H2,1-4H3,(H2,28,34). The van der Waals surface area contributed by atoms with Gasteiger partial charge < -0.3 is 30.1 Å². The van der Waals surface area contributed by atoms with Crippen LogP contribution in [0.2, 0.25) is 0 Å². The highest BCUT2D eigenvalue weighted by Crippen LogP contribution is 2.39. The number of urea groups is 1. The van der Waals surface area contributed by atoms with Gasteiger partial charge >= 0.3 is 6.03 Å². The summed E-state index contributed by atoms with van der Waals surface area (Å²) in [6.07, 6.45) is 3.34. The van der Waals surface area contributed by atoms with Gasteiger partial charge in [0.15, 0.2) is 0 Å². The zero-order chi connectivity index (χ0) is 26.7. The van der Waals surface area contributed by atoms with E-state index in [0.29, 0.717) is 68.1 Å². The van der Waals surface area contributed by atoms with Crippen molar-refractivity contribution < 1.29 is 19.4 Å². The first-order chi connectivity index (χ1) is 17.7. The fourth-order valence-electron chi connectivity index (χ4n) is 5.37. The van der Waals surface area contributed by atoms with Crippen LogP contribution >= 0.6 is 0 Å². The van der Waals surface area contributed by atoms with Gasteiger partial charge in [-0.05, 0) is 57.5 Å². The van der Waals surface area contributed by atoms with Crippen LogP contribution in [0.25, 0.3) is 0 Å². The summed E-state index contributed by atoms with van der Waals surface area (Å²) < 4.78 is 10.7. The number of primary amides is 1. The van der Waals surface area contributed by atoms with Crippen LogP contribution < -0.4 is 15.5 Å². The van der Waals surface area contributed by atoms with Gasteiger partial charge in [0.25, 0.3) is 0 Å². The molecule has 0 aromatic carbocycles. The lowest BCUT2D eigenvalue weighted by Crippen LogP contribution is -2.50. The molecule has 11 nitrogen and oxygen atoms in total. The number of carbonyl (C=O) groups is 1. The van der Waals surface area contributed by atoms with E-state index < -0.39 is 24.0 Å².